The molecule has 0 saturated carbocycles. The Morgan fingerprint density at radius 2 is 1.95 bits per heavy atom. The van der Waals surface area contributed by atoms with Crippen LogP contribution in [0.25, 0.3) is 5.69 Å². The number of hydrogen-bond donors (Lipinski definition) is 1. The van der Waals surface area contributed by atoms with Crippen LogP contribution in [0.3, 0.4) is 0 Å². The van der Waals surface area contributed by atoms with Crippen LogP contribution in [0.1, 0.15) is 16.8 Å². The lowest BCUT2D eigenvalue weighted by molar-refractivity contribution is 0.875. The minimum atomic E-state index is 0.652. The molecule has 0 aliphatic rings. The second-order valence-electron chi connectivity index (χ2n) is 5.04. The molecule has 1 N–H and O–H groups in total. The van der Waals surface area contributed by atoms with Gasteiger partial charge in [-0.15, -0.1) is 0 Å². The van der Waals surface area contributed by atoms with Crippen LogP contribution in [0.2, 0.25) is 0 Å². The van der Waals surface area contributed by atoms with Crippen molar-refractivity contribution in [1.82, 2.24) is 19.7 Å². The molecule has 21 heavy (non-hydrogen) atoms. The lowest BCUT2D eigenvalue weighted by atomic mass is 10.2. The van der Waals surface area contributed by atoms with Gasteiger partial charge in [0.25, 0.3) is 0 Å². The first kappa shape index (κ1) is 13.3. The molecule has 5 nitrogen and oxygen atoms in total. The molecule has 0 aliphatic carbocycles. The molecule has 0 aliphatic heterocycles. The largest absolute Gasteiger partial charge is 0.376 e. The lowest BCUT2D eigenvalue weighted by Crippen LogP contribution is -2.06. The first-order valence-electron chi connectivity index (χ1n) is 6.83. The normalized spacial score (nSPS) is 10.6. The molecule has 0 bridgehead atoms. The maximum Gasteiger partial charge on any atom is 0.0908 e. The number of aryl methyl sites for hydroxylation is 2. The highest BCUT2D eigenvalue weighted by Gasteiger charge is 2.06. The van der Waals surface area contributed by atoms with Crippen LogP contribution in [0.15, 0.2) is 49.2 Å². The van der Waals surface area contributed by atoms with Crippen molar-refractivity contribution in [1.29, 1.82) is 0 Å². The van der Waals surface area contributed by atoms with Gasteiger partial charge in [0.2, 0.25) is 0 Å². The van der Waals surface area contributed by atoms with E-state index in [-0.39, 0.29) is 0 Å². The van der Waals surface area contributed by atoms with Gasteiger partial charge in [-0.05, 0) is 37.1 Å². The molecule has 0 unspecified atom stereocenters. The fraction of sp³-hybridized carbons (Fsp3) is 0.188. The average Bonchev–Trinajstić information content (AvgIpc) is 2.93. The summed E-state index contributed by atoms with van der Waals surface area (Å²) in [5.74, 6) is 0. The standard InChI is InChI=1S/C16H17N5/c1-12-3-4-14(18-7-12)9-19-15-10-17-6-5-16(15)21-11-13(2)8-20-21/h3-8,10-11,19H,9H2,1-2H3. The fourth-order valence-corrected chi connectivity index (χ4v) is 2.06. The van der Waals surface area contributed by atoms with Gasteiger partial charge in [0.15, 0.2) is 0 Å². The van der Waals surface area contributed by atoms with Crippen molar-refractivity contribution in [3.05, 3.63) is 66.0 Å². The van der Waals surface area contributed by atoms with Gasteiger partial charge in [-0.3, -0.25) is 9.97 Å². The minimum Gasteiger partial charge on any atom is -0.376 e. The number of hydrogen-bond acceptors (Lipinski definition) is 4. The number of anilines is 1. The third kappa shape index (κ3) is 3.08. The van der Waals surface area contributed by atoms with Crippen LogP contribution < -0.4 is 5.32 Å². The summed E-state index contributed by atoms with van der Waals surface area (Å²) in [6.07, 6.45) is 9.27. The molecule has 5 heteroatoms. The van der Waals surface area contributed by atoms with Crippen LogP contribution in [0, 0.1) is 13.8 Å². The second kappa shape index (κ2) is 5.75. The first-order valence-corrected chi connectivity index (χ1v) is 6.83. The third-order valence-corrected chi connectivity index (χ3v) is 3.19. The van der Waals surface area contributed by atoms with E-state index < -0.39 is 0 Å². The number of nitrogens with one attached hydrogen (secondary N) is 1. The van der Waals surface area contributed by atoms with Crippen LogP contribution in [-0.4, -0.2) is 19.7 Å². The Morgan fingerprint density at radius 3 is 2.67 bits per heavy atom. The van der Waals surface area contributed by atoms with E-state index in [1.807, 2.05) is 49.3 Å². The molecule has 0 fully saturated rings. The minimum absolute atomic E-state index is 0.652. The third-order valence-electron chi connectivity index (χ3n) is 3.19. The van der Waals surface area contributed by atoms with E-state index in [0.717, 1.165) is 28.2 Å². The Morgan fingerprint density at radius 1 is 1.05 bits per heavy atom. The quantitative estimate of drug-likeness (QED) is 0.798. The number of nitrogens with zero attached hydrogens (tertiary/aromatic N) is 4. The van der Waals surface area contributed by atoms with Crippen LogP contribution in [0.5, 0.6) is 0 Å². The van der Waals surface area contributed by atoms with E-state index in [1.165, 1.54) is 0 Å². The Kier molecular flexibility index (Phi) is 3.64. The van der Waals surface area contributed by atoms with Gasteiger partial charge in [-0.25, -0.2) is 4.68 Å². The van der Waals surface area contributed by atoms with Gasteiger partial charge in [0, 0.05) is 18.6 Å². The zero-order valence-corrected chi connectivity index (χ0v) is 12.1. The van der Waals surface area contributed by atoms with E-state index in [2.05, 4.69) is 26.4 Å². The van der Waals surface area contributed by atoms with Crippen molar-refractivity contribution in [3.63, 3.8) is 0 Å². The molecule has 0 amide bonds. The van der Waals surface area contributed by atoms with Crippen molar-refractivity contribution in [2.75, 3.05) is 5.32 Å². The molecule has 3 rings (SSSR count). The molecule has 0 saturated heterocycles. The Balaban J connectivity index is 1.81. The Labute approximate surface area is 123 Å². The molecule has 106 valence electrons. The summed E-state index contributed by atoms with van der Waals surface area (Å²) >= 11 is 0. The predicted octanol–water partition coefficient (Wildman–Crippen LogP) is 2.89. The number of aromatic nitrogens is 4. The van der Waals surface area contributed by atoms with Crippen molar-refractivity contribution in [2.24, 2.45) is 0 Å². The number of rotatable bonds is 4. The van der Waals surface area contributed by atoms with E-state index in [9.17, 15) is 0 Å². The van der Waals surface area contributed by atoms with Crippen LogP contribution in [0.4, 0.5) is 5.69 Å². The van der Waals surface area contributed by atoms with Gasteiger partial charge in [0.1, 0.15) is 0 Å². The summed E-state index contributed by atoms with van der Waals surface area (Å²) in [5, 5.41) is 7.72. The highest BCUT2D eigenvalue weighted by molar-refractivity contribution is 5.59. The SMILES string of the molecule is Cc1ccc(CNc2cnccc2-n2cc(C)cn2)nc1. The fourth-order valence-electron chi connectivity index (χ4n) is 2.06. The summed E-state index contributed by atoms with van der Waals surface area (Å²) in [5.41, 5.74) is 5.19. The van der Waals surface area contributed by atoms with Crippen LogP contribution in [-0.2, 0) is 6.54 Å². The molecule has 3 aromatic heterocycles. The topological polar surface area (TPSA) is 55.6 Å². The first-order chi connectivity index (χ1) is 10.2. The molecular weight excluding hydrogens is 262 g/mol. The van der Waals surface area contributed by atoms with Gasteiger partial charge in [-0.1, -0.05) is 6.07 Å². The van der Waals surface area contributed by atoms with Crippen molar-refractivity contribution >= 4 is 5.69 Å². The van der Waals surface area contributed by atoms with E-state index in [1.54, 1.807) is 12.4 Å². The van der Waals surface area contributed by atoms with E-state index >= 15 is 0 Å². The summed E-state index contributed by atoms with van der Waals surface area (Å²) in [4.78, 5) is 8.57. The zero-order chi connectivity index (χ0) is 14.7. The molecule has 0 aromatic carbocycles. The molecule has 3 aromatic rings. The highest BCUT2D eigenvalue weighted by atomic mass is 15.3. The molecule has 0 radical (unpaired) electrons. The monoisotopic (exact) mass is 279 g/mol. The highest BCUT2D eigenvalue weighted by Crippen LogP contribution is 2.19. The Bertz CT molecular complexity index is 730. The van der Waals surface area contributed by atoms with Gasteiger partial charge < -0.3 is 5.32 Å². The second-order valence-corrected chi connectivity index (χ2v) is 5.04. The van der Waals surface area contributed by atoms with E-state index in [4.69, 9.17) is 0 Å². The zero-order valence-electron chi connectivity index (χ0n) is 12.1. The predicted molar refractivity (Wildman–Crippen MR) is 82.4 cm³/mol. The van der Waals surface area contributed by atoms with Crippen molar-refractivity contribution < 1.29 is 0 Å². The summed E-state index contributed by atoms with van der Waals surface area (Å²) < 4.78 is 1.85. The van der Waals surface area contributed by atoms with Gasteiger partial charge >= 0.3 is 0 Å². The summed E-state index contributed by atoms with van der Waals surface area (Å²) in [6.45, 7) is 4.71. The van der Waals surface area contributed by atoms with Crippen molar-refractivity contribution in [2.45, 2.75) is 20.4 Å². The Hall–Kier alpha value is -2.69. The van der Waals surface area contributed by atoms with Crippen LogP contribution >= 0.6 is 0 Å². The molecule has 0 atom stereocenters. The van der Waals surface area contributed by atoms with Gasteiger partial charge in [-0.2, -0.15) is 5.10 Å². The maximum absolute atomic E-state index is 4.39. The average molecular weight is 279 g/mol. The van der Waals surface area contributed by atoms with E-state index in [0.29, 0.717) is 6.54 Å². The molecule has 0 spiro atoms. The molecule has 3 heterocycles. The summed E-state index contributed by atoms with van der Waals surface area (Å²) in [6, 6.07) is 6.03. The number of pyridine rings is 2. The van der Waals surface area contributed by atoms with Gasteiger partial charge in [0.05, 0.1) is 36.0 Å². The smallest absolute Gasteiger partial charge is 0.0908 e. The molecular formula is C16H17N5. The maximum atomic E-state index is 4.39. The van der Waals surface area contributed by atoms with Crippen molar-refractivity contribution in [3.8, 4) is 5.69 Å². The lowest BCUT2D eigenvalue weighted by Gasteiger charge is -2.11. The summed E-state index contributed by atoms with van der Waals surface area (Å²) in [7, 11) is 0.